The first-order valence-corrected chi connectivity index (χ1v) is 12.4. The molecule has 0 saturated heterocycles. The van der Waals surface area contributed by atoms with Crippen LogP contribution in [0.5, 0.6) is 11.5 Å². The highest BCUT2D eigenvalue weighted by molar-refractivity contribution is 7.99. The number of amides is 1. The monoisotopic (exact) mass is 495 g/mol. The van der Waals surface area contributed by atoms with E-state index in [4.69, 9.17) is 9.47 Å². The lowest BCUT2D eigenvalue weighted by Crippen LogP contribution is -2.14. The minimum absolute atomic E-state index is 0.153. The Labute approximate surface area is 206 Å². The fourth-order valence-corrected chi connectivity index (χ4v) is 4.57. The van der Waals surface area contributed by atoms with E-state index >= 15 is 0 Å². The van der Waals surface area contributed by atoms with E-state index in [0.29, 0.717) is 27.6 Å². The van der Waals surface area contributed by atoms with Crippen LogP contribution >= 0.6 is 23.1 Å². The topological polar surface area (TPSA) is 91.2 Å². The maximum absolute atomic E-state index is 12.4. The molecule has 0 aliphatic heterocycles. The van der Waals surface area contributed by atoms with Crippen molar-refractivity contribution in [3.63, 3.8) is 0 Å². The van der Waals surface area contributed by atoms with Gasteiger partial charge in [0.25, 0.3) is 0 Å². The Kier molecular flexibility index (Phi) is 7.49. The van der Waals surface area contributed by atoms with Crippen LogP contribution in [0, 0.1) is 13.8 Å². The number of thiazole rings is 1. The molecule has 1 N–H and O–H groups in total. The average molecular weight is 496 g/mol. The summed E-state index contributed by atoms with van der Waals surface area (Å²) in [4.78, 5) is 17.0. The van der Waals surface area contributed by atoms with Gasteiger partial charge in [-0.15, -0.1) is 21.5 Å². The third-order valence-corrected chi connectivity index (χ3v) is 6.81. The van der Waals surface area contributed by atoms with Gasteiger partial charge in [0.05, 0.1) is 18.6 Å². The number of hydrogen-bond donors (Lipinski definition) is 1. The number of carbonyl (C=O) groups excluding carboxylic acids is 1. The lowest BCUT2D eigenvalue weighted by Gasteiger charge is -2.11. The van der Waals surface area contributed by atoms with Crippen molar-refractivity contribution in [2.45, 2.75) is 25.6 Å². The predicted octanol–water partition coefficient (Wildman–Crippen LogP) is 4.87. The first kappa shape index (κ1) is 23.8. The Balaban J connectivity index is 1.30. The fraction of sp³-hybridized carbons (Fsp3) is 0.250. The second kappa shape index (κ2) is 10.7. The summed E-state index contributed by atoms with van der Waals surface area (Å²) in [6.45, 7) is 4.27. The van der Waals surface area contributed by atoms with Crippen LogP contribution in [-0.4, -0.2) is 38.5 Å². The molecule has 0 saturated carbocycles. The molecular weight excluding hydrogens is 470 g/mol. The third-order valence-electron chi connectivity index (χ3n) is 5.03. The van der Waals surface area contributed by atoms with Gasteiger partial charge in [0.15, 0.2) is 27.6 Å². The summed E-state index contributed by atoms with van der Waals surface area (Å²) in [5.74, 6) is 1.99. The highest BCUT2D eigenvalue weighted by Gasteiger charge is 2.14. The zero-order chi connectivity index (χ0) is 24.1. The predicted molar refractivity (Wildman–Crippen MR) is 135 cm³/mol. The van der Waals surface area contributed by atoms with E-state index in [0.717, 1.165) is 16.8 Å². The number of aryl methyl sites for hydroxylation is 2. The van der Waals surface area contributed by atoms with Crippen LogP contribution in [0.2, 0.25) is 0 Å². The molecule has 0 aliphatic rings. The summed E-state index contributed by atoms with van der Waals surface area (Å²) in [7, 11) is 3.46. The van der Waals surface area contributed by atoms with Gasteiger partial charge in [0, 0.05) is 18.0 Å². The summed E-state index contributed by atoms with van der Waals surface area (Å²) >= 11 is 2.71. The molecule has 34 heavy (non-hydrogen) atoms. The zero-order valence-corrected chi connectivity index (χ0v) is 21.0. The number of nitrogens with one attached hydrogen (secondary N) is 1. The normalized spacial score (nSPS) is 10.8. The molecule has 1 amide bonds. The minimum Gasteiger partial charge on any atom is -0.493 e. The SMILES string of the molecule is COc1cc(C)ccc1OCc1nnc(SCC(=O)Nc2nc(-c3ccc(C)cc3)cs2)n1C. The number of thioether (sulfide) groups is 1. The van der Waals surface area contributed by atoms with Crippen molar-refractivity contribution in [3.05, 3.63) is 64.8 Å². The molecular formula is C24H25N5O3S2. The summed E-state index contributed by atoms with van der Waals surface area (Å²) in [6.07, 6.45) is 0. The van der Waals surface area contributed by atoms with Crippen LogP contribution in [-0.2, 0) is 18.4 Å². The van der Waals surface area contributed by atoms with Gasteiger partial charge in [-0.25, -0.2) is 4.98 Å². The Morgan fingerprint density at radius 1 is 1.09 bits per heavy atom. The van der Waals surface area contributed by atoms with Crippen molar-refractivity contribution in [3.8, 4) is 22.8 Å². The van der Waals surface area contributed by atoms with Crippen LogP contribution in [0.1, 0.15) is 17.0 Å². The summed E-state index contributed by atoms with van der Waals surface area (Å²) < 4.78 is 13.1. The van der Waals surface area contributed by atoms with E-state index < -0.39 is 0 Å². The van der Waals surface area contributed by atoms with Crippen molar-refractivity contribution in [2.24, 2.45) is 7.05 Å². The molecule has 2 aromatic carbocycles. The van der Waals surface area contributed by atoms with E-state index in [9.17, 15) is 4.79 Å². The van der Waals surface area contributed by atoms with Crippen LogP contribution in [0.3, 0.4) is 0 Å². The van der Waals surface area contributed by atoms with Crippen molar-refractivity contribution < 1.29 is 14.3 Å². The van der Waals surface area contributed by atoms with Gasteiger partial charge < -0.3 is 19.4 Å². The Bertz CT molecular complexity index is 1280. The molecule has 0 radical (unpaired) electrons. The second-order valence-corrected chi connectivity index (χ2v) is 9.44. The zero-order valence-electron chi connectivity index (χ0n) is 19.4. The van der Waals surface area contributed by atoms with Crippen molar-refractivity contribution in [1.82, 2.24) is 19.7 Å². The van der Waals surface area contributed by atoms with Gasteiger partial charge in [-0.1, -0.05) is 47.7 Å². The standard InChI is InChI=1S/C24H25N5O3S2/c1-15-5-8-17(9-6-15)18-13-33-23(25-18)26-22(30)14-34-24-28-27-21(29(24)3)12-32-19-10-7-16(2)11-20(19)31-4/h5-11,13H,12,14H2,1-4H3,(H,25,26,30). The molecule has 8 nitrogen and oxygen atoms in total. The molecule has 4 aromatic rings. The molecule has 2 aromatic heterocycles. The lowest BCUT2D eigenvalue weighted by atomic mass is 10.1. The number of aromatic nitrogens is 4. The molecule has 176 valence electrons. The van der Waals surface area contributed by atoms with E-state index in [1.54, 1.807) is 7.11 Å². The second-order valence-electron chi connectivity index (χ2n) is 7.64. The number of nitrogens with zero attached hydrogens (tertiary/aromatic N) is 4. The van der Waals surface area contributed by atoms with Gasteiger partial charge in [-0.3, -0.25) is 4.79 Å². The molecule has 0 spiro atoms. The fourth-order valence-electron chi connectivity index (χ4n) is 3.11. The maximum atomic E-state index is 12.4. The summed E-state index contributed by atoms with van der Waals surface area (Å²) in [5.41, 5.74) is 4.15. The number of anilines is 1. The summed E-state index contributed by atoms with van der Waals surface area (Å²) in [6, 6.07) is 13.9. The van der Waals surface area contributed by atoms with Crippen molar-refractivity contribution in [1.29, 1.82) is 0 Å². The van der Waals surface area contributed by atoms with Gasteiger partial charge in [-0.05, 0) is 31.5 Å². The summed E-state index contributed by atoms with van der Waals surface area (Å²) in [5, 5.41) is 14.4. The van der Waals surface area contributed by atoms with Crippen molar-refractivity contribution in [2.75, 3.05) is 18.2 Å². The van der Waals surface area contributed by atoms with Crippen LogP contribution < -0.4 is 14.8 Å². The molecule has 4 rings (SSSR count). The van der Waals surface area contributed by atoms with E-state index in [-0.39, 0.29) is 18.3 Å². The number of ether oxygens (including phenoxy) is 2. The van der Waals surface area contributed by atoms with Gasteiger partial charge in [-0.2, -0.15) is 0 Å². The quantitative estimate of drug-likeness (QED) is 0.331. The first-order valence-electron chi connectivity index (χ1n) is 10.5. The molecule has 0 bridgehead atoms. The first-order chi connectivity index (χ1) is 16.4. The van der Waals surface area contributed by atoms with Gasteiger partial charge in [0.1, 0.15) is 6.61 Å². The molecule has 2 heterocycles. The van der Waals surface area contributed by atoms with E-state index in [2.05, 4.69) is 20.5 Å². The lowest BCUT2D eigenvalue weighted by molar-refractivity contribution is -0.113. The van der Waals surface area contributed by atoms with Gasteiger partial charge in [0.2, 0.25) is 5.91 Å². The molecule has 0 atom stereocenters. The van der Waals surface area contributed by atoms with Crippen LogP contribution in [0.15, 0.2) is 53.0 Å². The number of hydrogen-bond acceptors (Lipinski definition) is 8. The average Bonchev–Trinajstić information content (AvgIpc) is 3.43. The molecule has 10 heteroatoms. The van der Waals surface area contributed by atoms with Crippen LogP contribution in [0.4, 0.5) is 5.13 Å². The number of methoxy groups -OCH3 is 1. The molecule has 0 fully saturated rings. The third kappa shape index (κ3) is 5.75. The molecule has 0 aliphatic carbocycles. The van der Waals surface area contributed by atoms with Crippen molar-refractivity contribution >= 4 is 34.1 Å². The van der Waals surface area contributed by atoms with Gasteiger partial charge >= 0.3 is 0 Å². The number of rotatable bonds is 9. The highest BCUT2D eigenvalue weighted by atomic mass is 32.2. The Hall–Kier alpha value is -3.37. The van der Waals surface area contributed by atoms with E-state index in [1.165, 1.54) is 28.7 Å². The molecule has 0 unspecified atom stereocenters. The maximum Gasteiger partial charge on any atom is 0.236 e. The smallest absolute Gasteiger partial charge is 0.236 e. The van der Waals surface area contributed by atoms with E-state index in [1.807, 2.05) is 73.3 Å². The Morgan fingerprint density at radius 2 is 1.85 bits per heavy atom. The highest BCUT2D eigenvalue weighted by Crippen LogP contribution is 2.29. The number of carbonyl (C=O) groups is 1. The Morgan fingerprint density at radius 3 is 2.62 bits per heavy atom. The number of benzene rings is 2. The van der Waals surface area contributed by atoms with Crippen LogP contribution in [0.25, 0.3) is 11.3 Å². The largest absolute Gasteiger partial charge is 0.493 e. The minimum atomic E-state index is -0.153.